The van der Waals surface area contributed by atoms with Crippen LogP contribution in [0.1, 0.15) is 23.9 Å². The molecular weight excluding hydrogens is 254 g/mol. The van der Waals surface area contributed by atoms with E-state index in [-0.39, 0.29) is 5.56 Å². The molecule has 0 saturated heterocycles. The molecule has 18 heavy (non-hydrogen) atoms. The maximum Gasteiger partial charge on any atom is 0.133 e. The summed E-state index contributed by atoms with van der Waals surface area (Å²) in [5, 5.41) is 0.496. The quantitative estimate of drug-likeness (QED) is 0.921. The van der Waals surface area contributed by atoms with Gasteiger partial charge in [-0.1, -0.05) is 13.3 Å². The molecule has 96 valence electrons. The molecule has 1 heterocycles. The Balaban J connectivity index is 2.47. The summed E-state index contributed by atoms with van der Waals surface area (Å²) < 4.78 is 26.8. The average molecular weight is 268 g/mol. The molecule has 0 spiro atoms. The summed E-state index contributed by atoms with van der Waals surface area (Å²) in [5.41, 5.74) is 6.74. The maximum atomic E-state index is 13.7. The van der Waals surface area contributed by atoms with Gasteiger partial charge in [-0.15, -0.1) is 11.3 Å². The molecule has 1 aromatic carbocycles. The minimum atomic E-state index is -0.465. The van der Waals surface area contributed by atoms with Gasteiger partial charge in [0.1, 0.15) is 16.6 Å². The Labute approximate surface area is 108 Å². The lowest BCUT2D eigenvalue weighted by atomic mass is 10.2. The first-order chi connectivity index (χ1) is 8.65. The lowest BCUT2D eigenvalue weighted by Gasteiger charge is -1.98. The van der Waals surface area contributed by atoms with Gasteiger partial charge < -0.3 is 5.73 Å². The zero-order chi connectivity index (χ0) is 13.1. The number of nitrogens with two attached hydrogens (primary N) is 1. The lowest BCUT2D eigenvalue weighted by Crippen LogP contribution is -1.97. The van der Waals surface area contributed by atoms with Crippen molar-refractivity contribution in [2.45, 2.75) is 26.3 Å². The van der Waals surface area contributed by atoms with Crippen LogP contribution in [0.5, 0.6) is 0 Å². The van der Waals surface area contributed by atoms with Gasteiger partial charge in [0.2, 0.25) is 0 Å². The molecule has 0 amide bonds. The molecule has 0 aliphatic heterocycles. The van der Waals surface area contributed by atoms with Crippen molar-refractivity contribution in [2.75, 3.05) is 0 Å². The first-order valence-corrected chi connectivity index (χ1v) is 6.61. The van der Waals surface area contributed by atoms with Crippen LogP contribution in [-0.4, -0.2) is 4.98 Å². The number of hydrogen-bond acceptors (Lipinski definition) is 3. The van der Waals surface area contributed by atoms with Gasteiger partial charge in [0.05, 0.1) is 5.69 Å². The highest BCUT2D eigenvalue weighted by Gasteiger charge is 2.14. The zero-order valence-electron chi connectivity index (χ0n) is 10.0. The summed E-state index contributed by atoms with van der Waals surface area (Å²) in [7, 11) is 0. The number of benzene rings is 1. The van der Waals surface area contributed by atoms with Gasteiger partial charge >= 0.3 is 0 Å². The highest BCUT2D eigenvalue weighted by molar-refractivity contribution is 7.15. The third-order valence-corrected chi connectivity index (χ3v) is 3.76. The van der Waals surface area contributed by atoms with E-state index in [2.05, 4.69) is 4.98 Å². The summed E-state index contributed by atoms with van der Waals surface area (Å²) >= 11 is 1.33. The Morgan fingerprint density at radius 1 is 1.33 bits per heavy atom. The third kappa shape index (κ3) is 2.57. The molecule has 2 N–H and O–H groups in total. The monoisotopic (exact) mass is 268 g/mol. The molecule has 2 aromatic rings. The smallest absolute Gasteiger partial charge is 0.133 e. The molecule has 2 rings (SSSR count). The number of halogens is 2. The van der Waals surface area contributed by atoms with Gasteiger partial charge in [-0.05, 0) is 24.6 Å². The van der Waals surface area contributed by atoms with Gasteiger partial charge in [-0.25, -0.2) is 13.8 Å². The zero-order valence-corrected chi connectivity index (χ0v) is 10.9. The van der Waals surface area contributed by atoms with Crippen molar-refractivity contribution < 1.29 is 8.78 Å². The number of nitrogens with zero attached hydrogens (tertiary/aromatic N) is 1. The van der Waals surface area contributed by atoms with E-state index < -0.39 is 11.6 Å². The molecule has 2 nitrogen and oxygen atoms in total. The molecule has 0 bridgehead atoms. The summed E-state index contributed by atoms with van der Waals surface area (Å²) in [6.07, 6.45) is 1.75. The number of hydrogen-bond donors (Lipinski definition) is 1. The molecule has 0 aliphatic carbocycles. The predicted octanol–water partition coefficient (Wildman–Crippen LogP) is 3.50. The van der Waals surface area contributed by atoms with E-state index in [4.69, 9.17) is 5.73 Å². The normalized spacial score (nSPS) is 10.9. The second-order valence-corrected chi connectivity index (χ2v) is 5.05. The standard InChI is InChI=1S/C13H14F2N2S/c1-2-3-11-12(7-16)18-13(17-11)9-6-8(14)4-5-10(9)15/h4-6H,2-3,7,16H2,1H3. The molecule has 0 atom stereocenters. The van der Waals surface area contributed by atoms with E-state index in [0.29, 0.717) is 11.6 Å². The maximum absolute atomic E-state index is 13.7. The van der Waals surface area contributed by atoms with E-state index in [1.807, 2.05) is 6.92 Å². The topological polar surface area (TPSA) is 38.9 Å². The van der Waals surface area contributed by atoms with E-state index in [1.165, 1.54) is 17.4 Å². The second-order valence-electron chi connectivity index (χ2n) is 3.97. The molecule has 0 saturated carbocycles. The average Bonchev–Trinajstić information content (AvgIpc) is 2.76. The first kappa shape index (κ1) is 13.1. The minimum absolute atomic E-state index is 0.206. The van der Waals surface area contributed by atoms with Crippen LogP contribution in [0.2, 0.25) is 0 Å². The largest absolute Gasteiger partial charge is 0.326 e. The van der Waals surface area contributed by atoms with Crippen LogP contribution in [-0.2, 0) is 13.0 Å². The van der Waals surface area contributed by atoms with E-state index >= 15 is 0 Å². The molecular formula is C13H14F2N2S. The summed E-state index contributed by atoms with van der Waals surface area (Å²) in [4.78, 5) is 5.32. The van der Waals surface area contributed by atoms with Crippen molar-refractivity contribution in [1.29, 1.82) is 0 Å². The SMILES string of the molecule is CCCc1nc(-c2cc(F)ccc2F)sc1CN. The number of thiazole rings is 1. The number of aryl methyl sites for hydroxylation is 1. The Morgan fingerprint density at radius 2 is 2.11 bits per heavy atom. The van der Waals surface area contributed by atoms with Gasteiger partial charge in [0.25, 0.3) is 0 Å². The third-order valence-electron chi connectivity index (χ3n) is 2.61. The Hall–Kier alpha value is -1.33. The van der Waals surface area contributed by atoms with Gasteiger partial charge in [0.15, 0.2) is 0 Å². The Morgan fingerprint density at radius 3 is 2.78 bits per heavy atom. The fourth-order valence-electron chi connectivity index (χ4n) is 1.75. The summed E-state index contributed by atoms with van der Waals surface area (Å²) in [5.74, 6) is -0.926. The second kappa shape index (κ2) is 5.54. The molecule has 0 unspecified atom stereocenters. The molecule has 0 fully saturated rings. The molecule has 0 radical (unpaired) electrons. The van der Waals surface area contributed by atoms with Crippen LogP contribution in [0.15, 0.2) is 18.2 Å². The summed E-state index contributed by atoms with van der Waals surface area (Å²) in [6, 6.07) is 3.39. The molecule has 5 heteroatoms. The Bertz CT molecular complexity index is 552. The Kier molecular flexibility index (Phi) is 4.04. The van der Waals surface area contributed by atoms with E-state index in [9.17, 15) is 8.78 Å². The van der Waals surface area contributed by atoms with Crippen molar-refractivity contribution in [3.8, 4) is 10.6 Å². The van der Waals surface area contributed by atoms with Crippen molar-refractivity contribution in [3.63, 3.8) is 0 Å². The van der Waals surface area contributed by atoms with Gasteiger partial charge in [-0.2, -0.15) is 0 Å². The van der Waals surface area contributed by atoms with Crippen LogP contribution in [0.4, 0.5) is 8.78 Å². The van der Waals surface area contributed by atoms with Crippen LogP contribution in [0, 0.1) is 11.6 Å². The summed E-state index contributed by atoms with van der Waals surface area (Å²) in [6.45, 7) is 2.42. The van der Waals surface area contributed by atoms with E-state index in [1.54, 1.807) is 0 Å². The highest BCUT2D eigenvalue weighted by Crippen LogP contribution is 2.30. The fraction of sp³-hybridized carbons (Fsp3) is 0.308. The van der Waals surface area contributed by atoms with Crippen molar-refractivity contribution in [1.82, 2.24) is 4.98 Å². The highest BCUT2D eigenvalue weighted by atomic mass is 32.1. The molecule has 1 aromatic heterocycles. The van der Waals surface area contributed by atoms with E-state index in [0.717, 1.165) is 35.5 Å². The number of rotatable bonds is 4. The van der Waals surface area contributed by atoms with Crippen LogP contribution >= 0.6 is 11.3 Å². The van der Waals surface area contributed by atoms with Crippen LogP contribution in [0.3, 0.4) is 0 Å². The molecule has 0 aliphatic rings. The fourth-order valence-corrected chi connectivity index (χ4v) is 2.76. The van der Waals surface area contributed by atoms with Crippen LogP contribution in [0.25, 0.3) is 10.6 Å². The van der Waals surface area contributed by atoms with Gasteiger partial charge in [0, 0.05) is 17.0 Å². The lowest BCUT2D eigenvalue weighted by molar-refractivity contribution is 0.603. The predicted molar refractivity (Wildman–Crippen MR) is 69.4 cm³/mol. The van der Waals surface area contributed by atoms with Gasteiger partial charge in [-0.3, -0.25) is 0 Å². The van der Waals surface area contributed by atoms with Crippen molar-refractivity contribution in [3.05, 3.63) is 40.4 Å². The first-order valence-electron chi connectivity index (χ1n) is 5.79. The van der Waals surface area contributed by atoms with Crippen molar-refractivity contribution >= 4 is 11.3 Å². The van der Waals surface area contributed by atoms with Crippen molar-refractivity contribution in [2.24, 2.45) is 5.73 Å². The van der Waals surface area contributed by atoms with Crippen LogP contribution < -0.4 is 5.73 Å². The number of aromatic nitrogens is 1. The minimum Gasteiger partial charge on any atom is -0.326 e.